The quantitative estimate of drug-likeness (QED) is 0.290. The maximum Gasteiger partial charge on any atom is 0.0460 e. The third-order valence-corrected chi connectivity index (χ3v) is 4.50. The molecule has 1 unspecified atom stereocenters. The van der Waals surface area contributed by atoms with Gasteiger partial charge in [0, 0.05) is 15.0 Å². The highest BCUT2D eigenvalue weighted by Gasteiger charge is 2.10. The minimum Gasteiger partial charge on any atom is -0.271 e. The van der Waals surface area contributed by atoms with Crippen LogP contribution in [0.1, 0.15) is 69.9 Å². The molecule has 3 N–H and O–H groups in total. The van der Waals surface area contributed by atoms with Gasteiger partial charge in [-0.2, -0.15) is 0 Å². The van der Waals surface area contributed by atoms with E-state index in [9.17, 15) is 0 Å². The van der Waals surface area contributed by atoms with E-state index >= 15 is 0 Å². The zero-order valence-corrected chi connectivity index (χ0v) is 15.5. The molecule has 0 aliphatic carbocycles. The van der Waals surface area contributed by atoms with Crippen LogP contribution in [0.5, 0.6) is 0 Å². The molecule has 2 nitrogen and oxygen atoms in total. The molecule has 4 heteroatoms. The van der Waals surface area contributed by atoms with E-state index in [1.165, 1.54) is 50.5 Å². The largest absolute Gasteiger partial charge is 0.271 e. The summed E-state index contributed by atoms with van der Waals surface area (Å²) < 4.78 is 2.17. The second-order valence-electron chi connectivity index (χ2n) is 5.33. The minimum atomic E-state index is 0.236. The molecule has 1 atom stereocenters. The van der Waals surface area contributed by atoms with Crippen molar-refractivity contribution in [3.8, 4) is 0 Å². The Morgan fingerprint density at radius 2 is 1.50 bits per heavy atom. The van der Waals surface area contributed by atoms with Crippen LogP contribution in [0.25, 0.3) is 0 Å². The summed E-state index contributed by atoms with van der Waals surface area (Å²) in [6, 6.07) is 6.55. The van der Waals surface area contributed by atoms with Crippen LogP contribution in [-0.2, 0) is 0 Å². The predicted octanol–water partition coefficient (Wildman–Crippen LogP) is 5.86. The summed E-state index contributed by atoms with van der Waals surface area (Å²) in [5.41, 5.74) is 4.18. The molecular formula is C16H26Br2N2. The number of hydrazine groups is 1. The Labute approximate surface area is 140 Å². The summed E-state index contributed by atoms with van der Waals surface area (Å²) in [6.07, 6.45) is 10.4. The molecular weight excluding hydrogens is 380 g/mol. The molecule has 0 heterocycles. The first-order chi connectivity index (χ1) is 9.67. The van der Waals surface area contributed by atoms with E-state index in [0.717, 1.165) is 15.4 Å². The van der Waals surface area contributed by atoms with Crippen molar-refractivity contribution >= 4 is 31.9 Å². The van der Waals surface area contributed by atoms with Crippen LogP contribution in [0.3, 0.4) is 0 Å². The highest BCUT2D eigenvalue weighted by molar-refractivity contribution is 9.11. The molecule has 0 amide bonds. The first-order valence-electron chi connectivity index (χ1n) is 7.59. The van der Waals surface area contributed by atoms with Crippen molar-refractivity contribution in [2.75, 3.05) is 0 Å². The van der Waals surface area contributed by atoms with Crippen molar-refractivity contribution in [1.29, 1.82) is 0 Å². The van der Waals surface area contributed by atoms with Gasteiger partial charge in [-0.05, 0) is 30.2 Å². The number of hydrogen-bond acceptors (Lipinski definition) is 2. The van der Waals surface area contributed by atoms with Crippen LogP contribution < -0.4 is 11.3 Å². The normalized spacial score (nSPS) is 12.6. The van der Waals surface area contributed by atoms with Gasteiger partial charge in [-0.25, -0.2) is 0 Å². The average Bonchev–Trinajstić information content (AvgIpc) is 2.41. The number of benzene rings is 1. The van der Waals surface area contributed by atoms with Crippen molar-refractivity contribution in [3.05, 3.63) is 32.7 Å². The van der Waals surface area contributed by atoms with Crippen LogP contribution >= 0.6 is 31.9 Å². The molecule has 0 spiro atoms. The Balaban J connectivity index is 2.32. The first kappa shape index (κ1) is 18.1. The predicted molar refractivity (Wildman–Crippen MR) is 94.5 cm³/mol. The third-order valence-electron chi connectivity index (χ3n) is 3.58. The summed E-state index contributed by atoms with van der Waals surface area (Å²) in [6.45, 7) is 2.26. The van der Waals surface area contributed by atoms with Gasteiger partial charge in [0.25, 0.3) is 0 Å². The maximum atomic E-state index is 5.70. The zero-order valence-electron chi connectivity index (χ0n) is 12.3. The minimum absolute atomic E-state index is 0.236. The second-order valence-corrected chi connectivity index (χ2v) is 7.16. The van der Waals surface area contributed by atoms with E-state index in [4.69, 9.17) is 5.84 Å². The topological polar surface area (TPSA) is 38.0 Å². The molecule has 114 valence electrons. The molecule has 0 saturated heterocycles. The molecule has 0 saturated carbocycles. The lowest BCUT2D eigenvalue weighted by Gasteiger charge is -2.17. The number of nitrogens with two attached hydrogens (primary N) is 1. The Morgan fingerprint density at radius 1 is 0.950 bits per heavy atom. The maximum absolute atomic E-state index is 5.70. The van der Waals surface area contributed by atoms with E-state index in [-0.39, 0.29) is 6.04 Å². The van der Waals surface area contributed by atoms with Gasteiger partial charge >= 0.3 is 0 Å². The Hall–Kier alpha value is 0.1000. The Morgan fingerprint density at radius 3 is 2.05 bits per heavy atom. The molecule has 1 rings (SSSR count). The van der Waals surface area contributed by atoms with Gasteiger partial charge in [0.1, 0.15) is 0 Å². The highest BCUT2D eigenvalue weighted by atomic mass is 79.9. The smallest absolute Gasteiger partial charge is 0.0460 e. The van der Waals surface area contributed by atoms with E-state index in [0.29, 0.717) is 0 Å². The van der Waals surface area contributed by atoms with E-state index in [2.05, 4.69) is 56.3 Å². The van der Waals surface area contributed by atoms with Gasteiger partial charge in [-0.3, -0.25) is 11.3 Å². The summed E-state index contributed by atoms with van der Waals surface area (Å²) in [5.74, 6) is 5.70. The Kier molecular flexibility index (Phi) is 9.78. The number of rotatable bonds is 10. The van der Waals surface area contributed by atoms with Gasteiger partial charge in [-0.1, -0.05) is 83.7 Å². The monoisotopic (exact) mass is 404 g/mol. The summed E-state index contributed by atoms with van der Waals surface area (Å²) in [4.78, 5) is 0. The lowest BCUT2D eigenvalue weighted by molar-refractivity contribution is 0.475. The van der Waals surface area contributed by atoms with Crippen molar-refractivity contribution in [2.45, 2.75) is 64.3 Å². The van der Waals surface area contributed by atoms with Crippen LogP contribution in [0.15, 0.2) is 27.1 Å². The Bertz CT molecular complexity index is 362. The zero-order chi connectivity index (χ0) is 14.8. The van der Waals surface area contributed by atoms with E-state index in [1.807, 2.05) is 6.07 Å². The average molecular weight is 406 g/mol. The molecule has 0 aliphatic heterocycles. The molecule has 1 aromatic carbocycles. The number of hydrogen-bond donors (Lipinski definition) is 2. The van der Waals surface area contributed by atoms with Crippen LogP contribution in [0.4, 0.5) is 0 Å². The van der Waals surface area contributed by atoms with Gasteiger partial charge in [-0.15, -0.1) is 0 Å². The summed E-state index contributed by atoms with van der Waals surface area (Å²) >= 11 is 7.06. The van der Waals surface area contributed by atoms with Crippen LogP contribution in [-0.4, -0.2) is 0 Å². The van der Waals surface area contributed by atoms with Crippen molar-refractivity contribution in [2.24, 2.45) is 5.84 Å². The number of unbranched alkanes of at least 4 members (excludes halogenated alkanes) is 6. The highest BCUT2D eigenvalue weighted by Crippen LogP contribution is 2.26. The van der Waals surface area contributed by atoms with E-state index < -0.39 is 0 Å². The molecule has 0 aliphatic rings. The fourth-order valence-corrected chi connectivity index (χ4v) is 3.76. The van der Waals surface area contributed by atoms with Crippen molar-refractivity contribution in [1.82, 2.24) is 5.43 Å². The molecule has 0 fully saturated rings. The fraction of sp³-hybridized carbons (Fsp3) is 0.625. The SMILES string of the molecule is CCCCCCCCCC(NN)c1cc(Br)cc(Br)c1. The lowest BCUT2D eigenvalue weighted by atomic mass is 10.00. The van der Waals surface area contributed by atoms with Gasteiger partial charge in [0.2, 0.25) is 0 Å². The van der Waals surface area contributed by atoms with Gasteiger partial charge in [0.05, 0.1) is 0 Å². The fourth-order valence-electron chi connectivity index (χ4n) is 2.43. The standard InChI is InChI=1S/C16H26Br2N2/c1-2-3-4-5-6-7-8-9-16(20-19)13-10-14(17)12-15(18)11-13/h10-12,16,20H,2-9,19H2,1H3. The summed E-state index contributed by atoms with van der Waals surface area (Å²) in [7, 11) is 0. The lowest BCUT2D eigenvalue weighted by Crippen LogP contribution is -2.28. The van der Waals surface area contributed by atoms with Crippen LogP contribution in [0.2, 0.25) is 0 Å². The number of nitrogens with one attached hydrogen (secondary N) is 1. The number of halogens is 2. The summed E-state index contributed by atoms with van der Waals surface area (Å²) in [5, 5.41) is 0. The van der Waals surface area contributed by atoms with Crippen molar-refractivity contribution in [3.63, 3.8) is 0 Å². The molecule has 0 radical (unpaired) electrons. The molecule has 0 bridgehead atoms. The van der Waals surface area contributed by atoms with Gasteiger partial charge in [0.15, 0.2) is 0 Å². The second kappa shape index (κ2) is 10.8. The first-order valence-corrected chi connectivity index (χ1v) is 9.18. The van der Waals surface area contributed by atoms with Crippen molar-refractivity contribution < 1.29 is 0 Å². The van der Waals surface area contributed by atoms with E-state index in [1.54, 1.807) is 0 Å². The molecule has 0 aromatic heterocycles. The van der Waals surface area contributed by atoms with Crippen LogP contribution in [0, 0.1) is 0 Å². The molecule has 20 heavy (non-hydrogen) atoms. The third kappa shape index (κ3) is 7.21. The molecule has 1 aromatic rings. The van der Waals surface area contributed by atoms with Gasteiger partial charge < -0.3 is 0 Å².